The first-order valence-corrected chi connectivity index (χ1v) is 3.59. The first-order valence-electron chi connectivity index (χ1n) is 3.59. The minimum absolute atomic E-state index is 0.138. The third-order valence-electron chi connectivity index (χ3n) is 1.10. The first-order chi connectivity index (χ1) is 6.29. The van der Waals surface area contributed by atoms with Gasteiger partial charge in [0.2, 0.25) is 6.23 Å². The van der Waals surface area contributed by atoms with E-state index in [0.717, 1.165) is 0 Å². The fraction of sp³-hybridized carbons (Fsp3) is 0.667. The number of rotatable bonds is 4. The monoisotopic (exact) mass is 214 g/mol. The second-order valence-corrected chi connectivity index (χ2v) is 2.24. The summed E-state index contributed by atoms with van der Waals surface area (Å²) in [5.74, 6) is -3.65. The zero-order chi connectivity index (χ0) is 11.4. The Balaban J connectivity index is 4.31. The fourth-order valence-electron chi connectivity index (χ4n) is 0.560. The number of primary amides is 1. The highest BCUT2D eigenvalue weighted by Gasteiger charge is 2.43. The Hall–Kier alpha value is -1.31. The van der Waals surface area contributed by atoms with Gasteiger partial charge in [-0.2, -0.15) is 13.2 Å². The molecule has 0 saturated carbocycles. The van der Waals surface area contributed by atoms with Crippen molar-refractivity contribution in [2.24, 2.45) is 5.73 Å². The lowest BCUT2D eigenvalue weighted by Crippen LogP contribution is -2.46. The molecule has 1 unspecified atom stereocenters. The van der Waals surface area contributed by atoms with Crippen LogP contribution in [0.5, 0.6) is 0 Å². The number of amides is 1. The molecular weight excluding hydrogens is 205 g/mol. The minimum Gasteiger partial charge on any atom is -0.430 e. The van der Waals surface area contributed by atoms with Crippen molar-refractivity contribution in [2.45, 2.75) is 19.3 Å². The maximum absolute atomic E-state index is 11.7. The molecule has 0 aromatic carbocycles. The Labute approximate surface area is 77.4 Å². The highest BCUT2D eigenvalue weighted by atomic mass is 19.4. The molecule has 0 aliphatic heterocycles. The number of likely N-dealkylation sites (N-methyl/N-ethyl adjacent to an activating group) is 1. The molecule has 82 valence electrons. The zero-order valence-corrected chi connectivity index (χ0v) is 7.22. The van der Waals surface area contributed by atoms with Crippen LogP contribution in [0.3, 0.4) is 0 Å². The number of nitrogens with one attached hydrogen (secondary N) is 1. The maximum Gasteiger partial charge on any atom is 0.490 e. The van der Waals surface area contributed by atoms with E-state index in [4.69, 9.17) is 0 Å². The van der Waals surface area contributed by atoms with Gasteiger partial charge in [-0.3, -0.25) is 10.1 Å². The van der Waals surface area contributed by atoms with Crippen molar-refractivity contribution in [3.63, 3.8) is 0 Å². The molecule has 0 rings (SSSR count). The Morgan fingerprint density at radius 2 is 2.00 bits per heavy atom. The Kier molecular flexibility index (Phi) is 4.35. The van der Waals surface area contributed by atoms with Gasteiger partial charge in [-0.15, -0.1) is 0 Å². The van der Waals surface area contributed by atoms with Gasteiger partial charge < -0.3 is 10.5 Å². The predicted molar refractivity (Wildman–Crippen MR) is 38.8 cm³/mol. The number of hydrogen-bond acceptors (Lipinski definition) is 4. The van der Waals surface area contributed by atoms with Gasteiger partial charge in [0.05, 0.1) is 0 Å². The molecule has 0 heterocycles. The Morgan fingerprint density at radius 3 is 2.29 bits per heavy atom. The van der Waals surface area contributed by atoms with Crippen molar-refractivity contribution < 1.29 is 27.5 Å². The maximum atomic E-state index is 11.7. The summed E-state index contributed by atoms with van der Waals surface area (Å²) in [4.78, 5) is 20.7. The van der Waals surface area contributed by atoms with E-state index in [-0.39, 0.29) is 6.54 Å². The molecule has 0 aliphatic carbocycles. The number of alkyl halides is 3. The Bertz CT molecular complexity index is 229. The second kappa shape index (κ2) is 4.80. The summed E-state index contributed by atoms with van der Waals surface area (Å²) in [6, 6.07) is 0. The standard InChI is InChI=1S/C6H9F3N2O3/c1-2-11-4(3(10)12)14-5(13)6(7,8)9/h4,11H,2H2,1H3,(H2,10,12). The molecule has 0 aliphatic rings. The first kappa shape index (κ1) is 12.7. The van der Waals surface area contributed by atoms with E-state index in [1.54, 1.807) is 0 Å². The molecule has 8 heteroatoms. The van der Waals surface area contributed by atoms with Crippen LogP contribution in [0.25, 0.3) is 0 Å². The summed E-state index contributed by atoms with van der Waals surface area (Å²) in [5.41, 5.74) is 4.67. The SMILES string of the molecule is CCNC(OC(=O)C(F)(F)F)C(N)=O. The van der Waals surface area contributed by atoms with Crippen LogP contribution >= 0.6 is 0 Å². The lowest BCUT2D eigenvalue weighted by atomic mass is 10.5. The zero-order valence-electron chi connectivity index (χ0n) is 7.22. The van der Waals surface area contributed by atoms with Gasteiger partial charge in [-0.25, -0.2) is 4.79 Å². The third-order valence-corrected chi connectivity index (χ3v) is 1.10. The predicted octanol–water partition coefficient (Wildman–Crippen LogP) is -0.487. The molecule has 0 radical (unpaired) electrons. The van der Waals surface area contributed by atoms with Crippen LogP contribution in [0.4, 0.5) is 13.2 Å². The molecule has 0 fully saturated rings. The summed E-state index contributed by atoms with van der Waals surface area (Å²) >= 11 is 0. The number of halogens is 3. The minimum atomic E-state index is -5.14. The van der Waals surface area contributed by atoms with E-state index in [1.165, 1.54) is 6.92 Å². The van der Waals surface area contributed by atoms with E-state index in [2.05, 4.69) is 15.8 Å². The molecule has 1 atom stereocenters. The molecule has 0 aromatic rings. The van der Waals surface area contributed by atoms with Crippen molar-refractivity contribution in [3.8, 4) is 0 Å². The van der Waals surface area contributed by atoms with Gasteiger partial charge in [-0.05, 0) is 6.54 Å². The lowest BCUT2D eigenvalue weighted by molar-refractivity contribution is -0.206. The van der Waals surface area contributed by atoms with Crippen molar-refractivity contribution in [2.75, 3.05) is 6.54 Å². The number of hydrogen-bond donors (Lipinski definition) is 2. The molecule has 1 amide bonds. The summed E-state index contributed by atoms with van der Waals surface area (Å²) < 4.78 is 38.7. The van der Waals surface area contributed by atoms with Gasteiger partial charge in [-0.1, -0.05) is 6.92 Å². The number of ether oxygens (including phenoxy) is 1. The average molecular weight is 214 g/mol. The van der Waals surface area contributed by atoms with Gasteiger partial charge in [0.1, 0.15) is 0 Å². The van der Waals surface area contributed by atoms with E-state index in [0.29, 0.717) is 0 Å². The van der Waals surface area contributed by atoms with Crippen molar-refractivity contribution >= 4 is 11.9 Å². The number of nitrogens with two attached hydrogens (primary N) is 1. The van der Waals surface area contributed by atoms with Crippen LogP contribution in [0, 0.1) is 0 Å². The molecule has 0 bridgehead atoms. The molecule has 0 aromatic heterocycles. The smallest absolute Gasteiger partial charge is 0.430 e. The Morgan fingerprint density at radius 1 is 1.50 bits per heavy atom. The van der Waals surface area contributed by atoms with Gasteiger partial charge in [0.25, 0.3) is 5.91 Å². The fourth-order valence-corrected chi connectivity index (χ4v) is 0.560. The van der Waals surface area contributed by atoms with Crippen LogP contribution in [0.1, 0.15) is 6.92 Å². The van der Waals surface area contributed by atoms with Crippen molar-refractivity contribution in [1.82, 2.24) is 5.32 Å². The van der Waals surface area contributed by atoms with Gasteiger partial charge >= 0.3 is 12.1 Å². The summed E-state index contributed by atoms with van der Waals surface area (Å²) in [7, 11) is 0. The van der Waals surface area contributed by atoms with Crippen LogP contribution in [-0.2, 0) is 14.3 Å². The van der Waals surface area contributed by atoms with E-state index < -0.39 is 24.3 Å². The molecule has 14 heavy (non-hydrogen) atoms. The van der Waals surface area contributed by atoms with Crippen LogP contribution in [0.2, 0.25) is 0 Å². The third kappa shape index (κ3) is 4.08. The van der Waals surface area contributed by atoms with Crippen LogP contribution in [-0.4, -0.2) is 30.8 Å². The normalized spacial score (nSPS) is 13.4. The highest BCUT2D eigenvalue weighted by Crippen LogP contribution is 2.16. The molecule has 0 spiro atoms. The quantitative estimate of drug-likeness (QED) is 0.489. The van der Waals surface area contributed by atoms with Crippen molar-refractivity contribution in [3.05, 3.63) is 0 Å². The highest BCUT2D eigenvalue weighted by molar-refractivity contribution is 5.83. The number of carbonyl (C=O) groups is 2. The number of esters is 1. The van der Waals surface area contributed by atoms with Crippen LogP contribution in [0.15, 0.2) is 0 Å². The average Bonchev–Trinajstić information content (AvgIpc) is 2.01. The van der Waals surface area contributed by atoms with Crippen molar-refractivity contribution in [1.29, 1.82) is 0 Å². The van der Waals surface area contributed by atoms with E-state index in [1.807, 2.05) is 0 Å². The van der Waals surface area contributed by atoms with Gasteiger partial charge in [0.15, 0.2) is 0 Å². The molecular formula is C6H9F3N2O3. The summed E-state index contributed by atoms with van der Waals surface area (Å²) in [5, 5.41) is 2.17. The molecule has 3 N–H and O–H groups in total. The van der Waals surface area contributed by atoms with E-state index in [9.17, 15) is 22.8 Å². The molecule has 0 saturated heterocycles. The summed E-state index contributed by atoms with van der Waals surface area (Å²) in [6.07, 6.45) is -6.89. The lowest BCUT2D eigenvalue weighted by Gasteiger charge is -2.15. The van der Waals surface area contributed by atoms with Crippen LogP contribution < -0.4 is 11.1 Å². The summed E-state index contributed by atoms with van der Waals surface area (Å²) in [6.45, 7) is 1.65. The van der Waals surface area contributed by atoms with Gasteiger partial charge in [0, 0.05) is 0 Å². The largest absolute Gasteiger partial charge is 0.490 e. The second-order valence-electron chi connectivity index (χ2n) is 2.24. The number of carbonyl (C=O) groups excluding carboxylic acids is 2. The van der Waals surface area contributed by atoms with E-state index >= 15 is 0 Å². The molecule has 5 nitrogen and oxygen atoms in total. The topological polar surface area (TPSA) is 81.4 Å².